The molecule has 1 aliphatic rings. The van der Waals surface area contributed by atoms with Crippen molar-refractivity contribution in [3.63, 3.8) is 0 Å². The van der Waals surface area contributed by atoms with Crippen LogP contribution in [-0.4, -0.2) is 36.0 Å². The van der Waals surface area contributed by atoms with Gasteiger partial charge in [0.05, 0.1) is 6.04 Å². The van der Waals surface area contributed by atoms with Gasteiger partial charge in [-0.05, 0) is 23.3 Å². The Labute approximate surface area is 171 Å². The summed E-state index contributed by atoms with van der Waals surface area (Å²) in [6, 6.07) is 26.4. The zero-order valence-electron chi connectivity index (χ0n) is 15.8. The zero-order valence-corrected chi connectivity index (χ0v) is 16.5. The van der Waals surface area contributed by atoms with Crippen molar-refractivity contribution < 1.29 is 4.39 Å². The van der Waals surface area contributed by atoms with Gasteiger partial charge in [0.1, 0.15) is 5.82 Å². The van der Waals surface area contributed by atoms with E-state index in [1.165, 1.54) is 17.2 Å². The Kier molecular flexibility index (Phi) is 6.06. The lowest BCUT2D eigenvalue weighted by Crippen LogP contribution is -2.47. The van der Waals surface area contributed by atoms with Crippen molar-refractivity contribution in [2.24, 2.45) is 0 Å². The van der Waals surface area contributed by atoms with E-state index in [4.69, 9.17) is 11.6 Å². The second-order valence-corrected chi connectivity index (χ2v) is 7.64. The molecule has 0 radical (unpaired) electrons. The highest BCUT2D eigenvalue weighted by atomic mass is 35.5. The van der Waals surface area contributed by atoms with Gasteiger partial charge < -0.3 is 0 Å². The maximum Gasteiger partial charge on any atom is 0.129 e. The molecule has 0 unspecified atom stereocenters. The third-order valence-electron chi connectivity index (χ3n) is 5.45. The monoisotopic (exact) mass is 394 g/mol. The van der Waals surface area contributed by atoms with Gasteiger partial charge in [-0.2, -0.15) is 0 Å². The molecule has 28 heavy (non-hydrogen) atoms. The number of piperazine rings is 1. The van der Waals surface area contributed by atoms with Gasteiger partial charge >= 0.3 is 0 Å². The van der Waals surface area contributed by atoms with Crippen molar-refractivity contribution in [3.05, 3.63) is 106 Å². The van der Waals surface area contributed by atoms with E-state index in [2.05, 4.69) is 70.5 Å². The molecule has 3 aromatic carbocycles. The van der Waals surface area contributed by atoms with Gasteiger partial charge in [-0.1, -0.05) is 78.3 Å². The summed E-state index contributed by atoms with van der Waals surface area (Å²) in [5.41, 5.74) is 3.21. The average Bonchev–Trinajstić information content (AvgIpc) is 2.74. The van der Waals surface area contributed by atoms with Crippen molar-refractivity contribution in [3.8, 4) is 0 Å². The predicted octanol–water partition coefficient (Wildman–Crippen LogP) is 5.39. The van der Waals surface area contributed by atoms with Gasteiger partial charge in [-0.25, -0.2) is 4.39 Å². The molecular weight excluding hydrogens is 371 g/mol. The molecule has 0 N–H and O–H groups in total. The van der Waals surface area contributed by atoms with E-state index in [1.807, 2.05) is 0 Å². The minimum Gasteiger partial charge on any atom is -0.296 e. The van der Waals surface area contributed by atoms with Gasteiger partial charge in [0.2, 0.25) is 0 Å². The number of nitrogens with zero attached hydrogens (tertiary/aromatic N) is 2. The Morgan fingerprint density at radius 2 is 1.32 bits per heavy atom. The smallest absolute Gasteiger partial charge is 0.129 e. The number of hydrogen-bond donors (Lipinski definition) is 0. The fourth-order valence-electron chi connectivity index (χ4n) is 3.97. The lowest BCUT2D eigenvalue weighted by molar-refractivity contribution is 0.104. The van der Waals surface area contributed by atoms with Gasteiger partial charge in [0.25, 0.3) is 0 Å². The fraction of sp³-hybridized carbons (Fsp3) is 0.250. The normalized spacial score (nSPS) is 15.8. The highest BCUT2D eigenvalue weighted by Crippen LogP contribution is 2.30. The molecule has 0 aromatic heterocycles. The summed E-state index contributed by atoms with van der Waals surface area (Å²) in [6.07, 6.45) is 0. The Morgan fingerprint density at radius 1 is 0.750 bits per heavy atom. The topological polar surface area (TPSA) is 6.48 Å². The van der Waals surface area contributed by atoms with E-state index in [0.29, 0.717) is 17.1 Å². The van der Waals surface area contributed by atoms with Gasteiger partial charge in [0, 0.05) is 43.3 Å². The maximum atomic E-state index is 14.1. The summed E-state index contributed by atoms with van der Waals surface area (Å²) >= 11 is 6.21. The lowest BCUT2D eigenvalue weighted by Gasteiger charge is -2.40. The van der Waals surface area contributed by atoms with Crippen LogP contribution in [-0.2, 0) is 6.54 Å². The van der Waals surface area contributed by atoms with Crippen LogP contribution in [0.15, 0.2) is 78.9 Å². The van der Waals surface area contributed by atoms with Crippen LogP contribution in [0.1, 0.15) is 22.7 Å². The number of benzene rings is 3. The highest BCUT2D eigenvalue weighted by Gasteiger charge is 2.26. The van der Waals surface area contributed by atoms with E-state index in [9.17, 15) is 4.39 Å². The van der Waals surface area contributed by atoms with Crippen molar-refractivity contribution in [2.75, 3.05) is 26.2 Å². The quantitative estimate of drug-likeness (QED) is 0.572. The van der Waals surface area contributed by atoms with Crippen LogP contribution in [0.2, 0.25) is 5.02 Å². The number of rotatable bonds is 5. The third-order valence-corrected chi connectivity index (χ3v) is 5.80. The average molecular weight is 395 g/mol. The van der Waals surface area contributed by atoms with Gasteiger partial charge in [-0.3, -0.25) is 9.80 Å². The third kappa shape index (κ3) is 4.27. The first-order valence-corrected chi connectivity index (χ1v) is 10.1. The van der Waals surface area contributed by atoms with Crippen molar-refractivity contribution in [1.82, 2.24) is 9.80 Å². The zero-order chi connectivity index (χ0) is 19.3. The first kappa shape index (κ1) is 19.1. The summed E-state index contributed by atoms with van der Waals surface area (Å²) in [5, 5.41) is 0.508. The van der Waals surface area contributed by atoms with Crippen LogP contribution in [0.4, 0.5) is 4.39 Å². The minimum atomic E-state index is -0.221. The van der Waals surface area contributed by atoms with Gasteiger partial charge in [-0.15, -0.1) is 0 Å². The molecule has 1 heterocycles. The van der Waals surface area contributed by atoms with E-state index in [-0.39, 0.29) is 11.9 Å². The van der Waals surface area contributed by atoms with Crippen LogP contribution in [0.25, 0.3) is 0 Å². The molecule has 0 atom stereocenters. The van der Waals surface area contributed by atoms with Crippen LogP contribution >= 0.6 is 11.6 Å². The standard InChI is InChI=1S/C24H24ClFN2/c25-22-12-7-13-23(26)21(22)18-27-14-16-28(17-15-27)24(19-8-3-1-4-9-19)20-10-5-2-6-11-20/h1-13,24H,14-18H2. The molecule has 4 heteroatoms. The minimum absolute atomic E-state index is 0.221. The molecule has 1 fully saturated rings. The molecule has 0 aliphatic carbocycles. The summed E-state index contributed by atoms with van der Waals surface area (Å²) < 4.78 is 14.1. The SMILES string of the molecule is Fc1cccc(Cl)c1CN1CCN(C(c2ccccc2)c2ccccc2)CC1. The summed E-state index contributed by atoms with van der Waals surface area (Å²) in [4.78, 5) is 4.80. The molecule has 0 saturated carbocycles. The van der Waals surface area contributed by atoms with Crippen LogP contribution < -0.4 is 0 Å². The predicted molar refractivity (Wildman–Crippen MR) is 113 cm³/mol. The first-order chi connectivity index (χ1) is 13.7. The summed E-state index contributed by atoms with van der Waals surface area (Å²) in [6.45, 7) is 4.20. The Bertz CT molecular complexity index is 833. The number of hydrogen-bond acceptors (Lipinski definition) is 2. The van der Waals surface area contributed by atoms with Crippen molar-refractivity contribution in [1.29, 1.82) is 0 Å². The van der Waals surface area contributed by atoms with E-state index < -0.39 is 0 Å². The molecule has 0 spiro atoms. The van der Waals surface area contributed by atoms with Crippen LogP contribution in [0.5, 0.6) is 0 Å². The molecular formula is C24H24ClFN2. The van der Waals surface area contributed by atoms with Crippen LogP contribution in [0.3, 0.4) is 0 Å². The molecule has 1 aliphatic heterocycles. The second-order valence-electron chi connectivity index (χ2n) is 7.24. The van der Waals surface area contributed by atoms with Crippen molar-refractivity contribution >= 4 is 11.6 Å². The second kappa shape index (κ2) is 8.87. The molecule has 3 aromatic rings. The Morgan fingerprint density at radius 3 is 1.86 bits per heavy atom. The highest BCUT2D eigenvalue weighted by molar-refractivity contribution is 6.31. The molecule has 0 amide bonds. The van der Waals surface area contributed by atoms with Gasteiger partial charge in [0.15, 0.2) is 0 Å². The molecule has 1 saturated heterocycles. The first-order valence-electron chi connectivity index (χ1n) is 9.71. The van der Waals surface area contributed by atoms with Crippen molar-refractivity contribution in [2.45, 2.75) is 12.6 Å². The molecule has 4 rings (SSSR count). The van der Waals surface area contributed by atoms with E-state index >= 15 is 0 Å². The Balaban J connectivity index is 1.49. The van der Waals surface area contributed by atoms with Crippen LogP contribution in [0, 0.1) is 5.82 Å². The van der Waals surface area contributed by atoms with E-state index in [1.54, 1.807) is 12.1 Å². The lowest BCUT2D eigenvalue weighted by atomic mass is 9.96. The van der Waals surface area contributed by atoms with E-state index in [0.717, 1.165) is 26.2 Å². The fourth-order valence-corrected chi connectivity index (χ4v) is 4.19. The maximum absolute atomic E-state index is 14.1. The molecule has 0 bridgehead atoms. The number of halogens is 2. The summed E-state index contributed by atoms with van der Waals surface area (Å²) in [5.74, 6) is -0.221. The molecule has 144 valence electrons. The molecule has 2 nitrogen and oxygen atoms in total. The largest absolute Gasteiger partial charge is 0.296 e. The Hall–Kier alpha value is -2.20. The summed E-state index contributed by atoms with van der Waals surface area (Å²) in [7, 11) is 0.